The predicted octanol–water partition coefficient (Wildman–Crippen LogP) is 2.06. The first kappa shape index (κ1) is 10.7. The molecule has 0 amide bonds. The zero-order chi connectivity index (χ0) is 10.8. The van der Waals surface area contributed by atoms with Gasteiger partial charge in [-0.15, -0.1) is 0 Å². The van der Waals surface area contributed by atoms with Crippen molar-refractivity contribution in [3.8, 4) is 0 Å². The van der Waals surface area contributed by atoms with Gasteiger partial charge in [0.25, 0.3) is 0 Å². The fourth-order valence-corrected chi connectivity index (χ4v) is 2.13. The van der Waals surface area contributed by atoms with Crippen LogP contribution in [0.4, 0.5) is 0 Å². The molecule has 0 N–H and O–H groups in total. The third-order valence-electron chi connectivity index (χ3n) is 3.04. The number of ether oxygens (including phenoxy) is 2. The highest BCUT2D eigenvalue weighted by Gasteiger charge is 2.43. The summed E-state index contributed by atoms with van der Waals surface area (Å²) in [6.07, 6.45) is 4.74. The normalized spacial score (nSPS) is 33.8. The average molecular weight is 210 g/mol. The average Bonchev–Trinajstić information content (AvgIpc) is 2.89. The Morgan fingerprint density at radius 3 is 3.00 bits per heavy atom. The molecule has 3 nitrogen and oxygen atoms in total. The molecule has 15 heavy (non-hydrogen) atoms. The Labute approximate surface area is 90.4 Å². The summed E-state index contributed by atoms with van der Waals surface area (Å²) in [4.78, 5) is 11.7. The van der Waals surface area contributed by atoms with Gasteiger partial charge in [0.15, 0.2) is 0 Å². The van der Waals surface area contributed by atoms with Crippen LogP contribution in [-0.2, 0) is 14.3 Å². The zero-order valence-electron chi connectivity index (χ0n) is 9.20. The molecule has 1 aliphatic heterocycles. The number of carbonyl (C=O) groups excluding carboxylic acids is 1. The lowest BCUT2D eigenvalue weighted by atomic mass is 10.0. The van der Waals surface area contributed by atoms with Gasteiger partial charge in [-0.1, -0.05) is 6.58 Å². The van der Waals surface area contributed by atoms with Crippen LogP contribution in [-0.4, -0.2) is 24.8 Å². The second kappa shape index (κ2) is 4.35. The minimum absolute atomic E-state index is 0.0434. The molecule has 2 aliphatic rings. The Hall–Kier alpha value is -0.830. The van der Waals surface area contributed by atoms with E-state index in [1.807, 2.05) is 6.92 Å². The minimum Gasteiger partial charge on any atom is -0.461 e. The van der Waals surface area contributed by atoms with Crippen molar-refractivity contribution in [1.82, 2.24) is 0 Å². The van der Waals surface area contributed by atoms with Gasteiger partial charge < -0.3 is 9.47 Å². The monoisotopic (exact) mass is 210 g/mol. The third-order valence-corrected chi connectivity index (χ3v) is 3.04. The summed E-state index contributed by atoms with van der Waals surface area (Å²) in [5.41, 5.74) is 0.887. The van der Waals surface area contributed by atoms with E-state index in [2.05, 4.69) is 6.58 Å². The Balaban J connectivity index is 1.80. The SMILES string of the molecule is C=C(C)COC(=O)C1CCCC2OC2C1. The van der Waals surface area contributed by atoms with Gasteiger partial charge >= 0.3 is 5.97 Å². The fourth-order valence-electron chi connectivity index (χ4n) is 2.13. The number of esters is 1. The van der Waals surface area contributed by atoms with E-state index >= 15 is 0 Å². The molecule has 3 heteroatoms. The van der Waals surface area contributed by atoms with E-state index < -0.39 is 0 Å². The van der Waals surface area contributed by atoms with Crippen LogP contribution in [0.15, 0.2) is 12.2 Å². The Bertz CT molecular complexity index is 272. The highest BCUT2D eigenvalue weighted by Crippen LogP contribution is 2.38. The van der Waals surface area contributed by atoms with Gasteiger partial charge in [-0.2, -0.15) is 0 Å². The van der Waals surface area contributed by atoms with Crippen molar-refractivity contribution in [1.29, 1.82) is 0 Å². The maximum atomic E-state index is 11.7. The van der Waals surface area contributed by atoms with E-state index in [0.717, 1.165) is 31.3 Å². The van der Waals surface area contributed by atoms with Gasteiger partial charge in [-0.3, -0.25) is 4.79 Å². The largest absolute Gasteiger partial charge is 0.461 e. The van der Waals surface area contributed by atoms with Gasteiger partial charge in [0, 0.05) is 0 Å². The van der Waals surface area contributed by atoms with Crippen molar-refractivity contribution in [3.05, 3.63) is 12.2 Å². The number of hydrogen-bond donors (Lipinski definition) is 0. The molecule has 0 aromatic heterocycles. The van der Waals surface area contributed by atoms with E-state index in [0.29, 0.717) is 18.8 Å². The highest BCUT2D eigenvalue weighted by atomic mass is 16.6. The maximum absolute atomic E-state index is 11.7. The summed E-state index contributed by atoms with van der Waals surface area (Å²) < 4.78 is 10.6. The number of rotatable bonds is 3. The van der Waals surface area contributed by atoms with Crippen LogP contribution in [0.25, 0.3) is 0 Å². The van der Waals surface area contributed by atoms with Gasteiger partial charge in [0.2, 0.25) is 0 Å². The molecule has 0 bridgehead atoms. The zero-order valence-corrected chi connectivity index (χ0v) is 9.20. The van der Waals surface area contributed by atoms with Gasteiger partial charge in [0.1, 0.15) is 6.61 Å². The van der Waals surface area contributed by atoms with Crippen LogP contribution < -0.4 is 0 Å². The molecular weight excluding hydrogens is 192 g/mol. The Morgan fingerprint density at radius 1 is 1.47 bits per heavy atom. The quantitative estimate of drug-likeness (QED) is 0.406. The summed E-state index contributed by atoms with van der Waals surface area (Å²) in [6, 6.07) is 0. The number of epoxide rings is 1. The van der Waals surface area contributed by atoms with E-state index in [1.54, 1.807) is 0 Å². The number of hydrogen-bond acceptors (Lipinski definition) is 3. The standard InChI is InChI=1S/C12H18O3/c1-8(2)7-14-12(13)9-4-3-5-10-11(6-9)15-10/h9-11H,1,3-7H2,2H3. The summed E-state index contributed by atoms with van der Waals surface area (Å²) >= 11 is 0. The van der Waals surface area contributed by atoms with Crippen molar-refractivity contribution in [2.75, 3.05) is 6.61 Å². The lowest BCUT2D eigenvalue weighted by Gasteiger charge is -2.13. The topological polar surface area (TPSA) is 38.8 Å². The predicted molar refractivity (Wildman–Crippen MR) is 56.4 cm³/mol. The molecule has 1 heterocycles. The van der Waals surface area contributed by atoms with Crippen LogP contribution in [0.1, 0.15) is 32.6 Å². The first-order chi connectivity index (χ1) is 7.16. The van der Waals surface area contributed by atoms with Crippen LogP contribution in [0.2, 0.25) is 0 Å². The second-order valence-electron chi connectivity index (χ2n) is 4.64. The minimum atomic E-state index is -0.0749. The van der Waals surface area contributed by atoms with Crippen molar-refractivity contribution in [2.45, 2.75) is 44.8 Å². The summed E-state index contributed by atoms with van der Waals surface area (Å²) in [5.74, 6) is -0.0315. The molecular formula is C12H18O3. The molecule has 1 aliphatic carbocycles. The molecule has 84 valence electrons. The lowest BCUT2D eigenvalue weighted by Crippen LogP contribution is -2.19. The first-order valence-electron chi connectivity index (χ1n) is 5.63. The summed E-state index contributed by atoms with van der Waals surface area (Å²) in [5, 5.41) is 0. The van der Waals surface area contributed by atoms with Gasteiger partial charge in [-0.25, -0.2) is 0 Å². The summed E-state index contributed by atoms with van der Waals surface area (Å²) in [6.45, 7) is 5.92. The number of fused-ring (bicyclic) bond motifs is 1. The van der Waals surface area contributed by atoms with Crippen LogP contribution in [0, 0.1) is 5.92 Å². The molecule has 2 rings (SSSR count). The van der Waals surface area contributed by atoms with Crippen LogP contribution in [0.3, 0.4) is 0 Å². The Morgan fingerprint density at radius 2 is 2.27 bits per heavy atom. The molecule has 0 aromatic carbocycles. The van der Waals surface area contributed by atoms with E-state index in [9.17, 15) is 4.79 Å². The highest BCUT2D eigenvalue weighted by molar-refractivity contribution is 5.72. The molecule has 1 saturated carbocycles. The van der Waals surface area contributed by atoms with E-state index in [1.165, 1.54) is 0 Å². The van der Waals surface area contributed by atoms with Crippen LogP contribution in [0.5, 0.6) is 0 Å². The fraction of sp³-hybridized carbons (Fsp3) is 0.750. The molecule has 3 unspecified atom stereocenters. The maximum Gasteiger partial charge on any atom is 0.309 e. The summed E-state index contributed by atoms with van der Waals surface area (Å²) in [7, 11) is 0. The van der Waals surface area contributed by atoms with Gasteiger partial charge in [0.05, 0.1) is 18.1 Å². The Kier molecular flexibility index (Phi) is 3.10. The van der Waals surface area contributed by atoms with Gasteiger partial charge in [-0.05, 0) is 38.2 Å². The smallest absolute Gasteiger partial charge is 0.309 e. The van der Waals surface area contributed by atoms with Crippen molar-refractivity contribution >= 4 is 5.97 Å². The number of carbonyl (C=O) groups is 1. The lowest BCUT2D eigenvalue weighted by molar-refractivity contribution is -0.148. The molecule has 1 saturated heterocycles. The molecule has 2 fully saturated rings. The van der Waals surface area contributed by atoms with Crippen molar-refractivity contribution in [3.63, 3.8) is 0 Å². The van der Waals surface area contributed by atoms with Crippen LogP contribution >= 0.6 is 0 Å². The molecule has 0 radical (unpaired) electrons. The van der Waals surface area contributed by atoms with Crippen molar-refractivity contribution in [2.24, 2.45) is 5.92 Å². The molecule has 3 atom stereocenters. The van der Waals surface area contributed by atoms with Crippen molar-refractivity contribution < 1.29 is 14.3 Å². The molecule has 0 spiro atoms. The first-order valence-corrected chi connectivity index (χ1v) is 5.63. The second-order valence-corrected chi connectivity index (χ2v) is 4.64. The third kappa shape index (κ3) is 2.81. The van der Waals surface area contributed by atoms with E-state index in [4.69, 9.17) is 9.47 Å². The molecule has 0 aromatic rings. The van der Waals surface area contributed by atoms with E-state index in [-0.39, 0.29) is 11.9 Å².